The molecular weight excluding hydrogens is 230 g/mol. The highest BCUT2D eigenvalue weighted by molar-refractivity contribution is 5.94. The number of carbonyl (C=O) groups excluding carboxylic acids is 2. The number of benzene rings is 1. The van der Waals surface area contributed by atoms with Crippen molar-refractivity contribution in [3.8, 4) is 0 Å². The van der Waals surface area contributed by atoms with E-state index in [2.05, 4.69) is 10.6 Å². The van der Waals surface area contributed by atoms with Gasteiger partial charge in [-0.2, -0.15) is 0 Å². The van der Waals surface area contributed by atoms with Crippen molar-refractivity contribution in [2.24, 2.45) is 0 Å². The topological polar surface area (TPSA) is 58.2 Å². The highest BCUT2D eigenvalue weighted by Crippen LogP contribution is 2.10. The van der Waals surface area contributed by atoms with E-state index in [-0.39, 0.29) is 12.1 Å². The zero-order chi connectivity index (χ0) is 12.7. The quantitative estimate of drug-likeness (QED) is 0.573. The first kappa shape index (κ1) is 13.1. The molecule has 0 aliphatic carbocycles. The zero-order valence-corrected chi connectivity index (χ0v) is 9.00. The summed E-state index contributed by atoms with van der Waals surface area (Å²) in [5.41, 5.74) is -0.326. The van der Waals surface area contributed by atoms with E-state index in [1.807, 2.05) is 0 Å². The molecule has 0 saturated carbocycles. The van der Waals surface area contributed by atoms with Crippen LogP contribution >= 0.6 is 0 Å². The summed E-state index contributed by atoms with van der Waals surface area (Å²) in [5, 5.41) is 4.84. The predicted molar refractivity (Wildman–Crippen MR) is 57.4 cm³/mol. The molecule has 1 rings (SSSR count). The summed E-state index contributed by atoms with van der Waals surface area (Å²) in [7, 11) is 0. The van der Waals surface area contributed by atoms with Gasteiger partial charge in [-0.1, -0.05) is 6.07 Å². The SMILES string of the molecule is O=CNCCCNC(=O)c1cccc(F)c1F. The Balaban J connectivity index is 2.47. The molecule has 0 aromatic heterocycles. The monoisotopic (exact) mass is 242 g/mol. The summed E-state index contributed by atoms with van der Waals surface area (Å²) in [5.74, 6) is -2.88. The molecule has 2 amide bonds. The van der Waals surface area contributed by atoms with Gasteiger partial charge in [0, 0.05) is 13.1 Å². The van der Waals surface area contributed by atoms with Gasteiger partial charge in [-0.25, -0.2) is 8.78 Å². The number of halogens is 2. The van der Waals surface area contributed by atoms with Gasteiger partial charge < -0.3 is 10.6 Å². The van der Waals surface area contributed by atoms with Gasteiger partial charge in [-0.3, -0.25) is 9.59 Å². The number of nitrogens with one attached hydrogen (secondary N) is 2. The largest absolute Gasteiger partial charge is 0.359 e. The number of hydrogen-bond acceptors (Lipinski definition) is 2. The Bertz CT molecular complexity index is 410. The first-order chi connectivity index (χ1) is 8.16. The Hall–Kier alpha value is -1.98. The molecule has 1 aromatic rings. The summed E-state index contributed by atoms with van der Waals surface area (Å²) in [6.45, 7) is 0.686. The van der Waals surface area contributed by atoms with Gasteiger partial charge in [0.05, 0.1) is 5.56 Å². The Kier molecular flexibility index (Phi) is 5.06. The lowest BCUT2D eigenvalue weighted by molar-refractivity contribution is -0.109. The lowest BCUT2D eigenvalue weighted by Crippen LogP contribution is -2.27. The summed E-state index contributed by atoms with van der Waals surface area (Å²) < 4.78 is 26.0. The van der Waals surface area contributed by atoms with Gasteiger partial charge in [-0.15, -0.1) is 0 Å². The van der Waals surface area contributed by atoms with E-state index < -0.39 is 17.5 Å². The van der Waals surface area contributed by atoms with Gasteiger partial charge in [-0.05, 0) is 18.6 Å². The lowest BCUT2D eigenvalue weighted by atomic mass is 10.2. The van der Waals surface area contributed by atoms with E-state index in [1.54, 1.807) is 0 Å². The van der Waals surface area contributed by atoms with Crippen molar-refractivity contribution in [2.75, 3.05) is 13.1 Å². The first-order valence-electron chi connectivity index (χ1n) is 5.06. The highest BCUT2D eigenvalue weighted by Gasteiger charge is 2.13. The van der Waals surface area contributed by atoms with Crippen LogP contribution in [0.25, 0.3) is 0 Å². The van der Waals surface area contributed by atoms with Crippen LogP contribution in [0.3, 0.4) is 0 Å². The highest BCUT2D eigenvalue weighted by atomic mass is 19.2. The molecule has 0 spiro atoms. The number of carbonyl (C=O) groups is 2. The van der Waals surface area contributed by atoms with Crippen LogP contribution in [0.4, 0.5) is 8.78 Å². The number of amides is 2. The summed E-state index contributed by atoms with van der Waals surface area (Å²) >= 11 is 0. The second-order valence-corrected chi connectivity index (χ2v) is 3.28. The van der Waals surface area contributed by atoms with E-state index >= 15 is 0 Å². The minimum absolute atomic E-state index is 0.273. The molecule has 0 aliphatic heterocycles. The smallest absolute Gasteiger partial charge is 0.254 e. The fourth-order valence-electron chi connectivity index (χ4n) is 1.23. The third kappa shape index (κ3) is 3.82. The van der Waals surface area contributed by atoms with Crippen molar-refractivity contribution in [3.63, 3.8) is 0 Å². The van der Waals surface area contributed by atoms with Gasteiger partial charge >= 0.3 is 0 Å². The molecule has 0 bridgehead atoms. The molecule has 1 aromatic carbocycles. The number of rotatable bonds is 6. The van der Waals surface area contributed by atoms with Crippen molar-refractivity contribution in [3.05, 3.63) is 35.4 Å². The third-order valence-electron chi connectivity index (χ3n) is 2.06. The van der Waals surface area contributed by atoms with Crippen LogP contribution in [-0.4, -0.2) is 25.4 Å². The van der Waals surface area contributed by atoms with Gasteiger partial charge in [0.25, 0.3) is 5.91 Å². The van der Waals surface area contributed by atoms with Crippen LogP contribution in [-0.2, 0) is 4.79 Å². The minimum atomic E-state index is -1.16. The van der Waals surface area contributed by atoms with Crippen molar-refractivity contribution < 1.29 is 18.4 Å². The van der Waals surface area contributed by atoms with Crippen LogP contribution in [0, 0.1) is 11.6 Å². The summed E-state index contributed by atoms with van der Waals surface area (Å²) in [6, 6.07) is 3.42. The van der Waals surface area contributed by atoms with Crippen molar-refractivity contribution in [1.82, 2.24) is 10.6 Å². The average molecular weight is 242 g/mol. The van der Waals surface area contributed by atoms with Gasteiger partial charge in [0.1, 0.15) is 0 Å². The van der Waals surface area contributed by atoms with Crippen molar-refractivity contribution in [2.45, 2.75) is 6.42 Å². The molecule has 0 heterocycles. The van der Waals surface area contributed by atoms with Crippen LogP contribution in [0.2, 0.25) is 0 Å². The Morgan fingerprint density at radius 2 is 2.06 bits per heavy atom. The lowest BCUT2D eigenvalue weighted by Gasteiger charge is -2.06. The molecular formula is C11H12F2N2O2. The van der Waals surface area contributed by atoms with Gasteiger partial charge in [0.15, 0.2) is 11.6 Å². The molecule has 0 saturated heterocycles. The maximum Gasteiger partial charge on any atom is 0.254 e. The molecule has 6 heteroatoms. The molecule has 0 fully saturated rings. The number of hydrogen-bond donors (Lipinski definition) is 2. The molecule has 0 atom stereocenters. The molecule has 92 valence electrons. The second-order valence-electron chi connectivity index (χ2n) is 3.28. The zero-order valence-electron chi connectivity index (χ0n) is 9.00. The van der Waals surface area contributed by atoms with Crippen LogP contribution in [0.15, 0.2) is 18.2 Å². The average Bonchev–Trinajstić information content (AvgIpc) is 2.32. The standard InChI is InChI=1S/C11H12F2N2O2/c12-9-4-1-3-8(10(9)13)11(17)15-6-2-5-14-7-16/h1,3-4,7H,2,5-6H2,(H,14,16)(H,15,17). The van der Waals surface area contributed by atoms with E-state index in [0.29, 0.717) is 19.4 Å². The molecule has 17 heavy (non-hydrogen) atoms. The molecule has 2 N–H and O–H groups in total. The fourth-order valence-corrected chi connectivity index (χ4v) is 1.23. The Labute approximate surface area is 97.0 Å². The van der Waals surface area contributed by atoms with E-state index in [0.717, 1.165) is 6.07 Å². The second kappa shape index (κ2) is 6.57. The summed E-state index contributed by atoms with van der Waals surface area (Å²) in [4.78, 5) is 21.4. The Morgan fingerprint density at radius 1 is 1.29 bits per heavy atom. The maximum absolute atomic E-state index is 13.2. The van der Waals surface area contributed by atoms with E-state index in [9.17, 15) is 18.4 Å². The van der Waals surface area contributed by atoms with Crippen molar-refractivity contribution in [1.29, 1.82) is 0 Å². The maximum atomic E-state index is 13.2. The Morgan fingerprint density at radius 3 is 2.76 bits per heavy atom. The minimum Gasteiger partial charge on any atom is -0.359 e. The predicted octanol–water partition coefficient (Wildman–Crippen LogP) is 0.831. The van der Waals surface area contributed by atoms with E-state index in [4.69, 9.17) is 0 Å². The van der Waals surface area contributed by atoms with Crippen molar-refractivity contribution >= 4 is 12.3 Å². The molecule has 0 radical (unpaired) electrons. The van der Waals surface area contributed by atoms with Crippen LogP contribution in [0.1, 0.15) is 16.8 Å². The molecule has 0 aliphatic rings. The van der Waals surface area contributed by atoms with Crippen LogP contribution in [0.5, 0.6) is 0 Å². The molecule has 0 unspecified atom stereocenters. The normalized spacial score (nSPS) is 9.76. The first-order valence-corrected chi connectivity index (χ1v) is 5.06. The van der Waals surface area contributed by atoms with E-state index in [1.165, 1.54) is 12.1 Å². The van der Waals surface area contributed by atoms with Crippen LogP contribution < -0.4 is 10.6 Å². The molecule has 4 nitrogen and oxygen atoms in total. The van der Waals surface area contributed by atoms with Gasteiger partial charge in [0.2, 0.25) is 6.41 Å². The summed E-state index contributed by atoms with van der Waals surface area (Å²) in [6.07, 6.45) is 1.06. The third-order valence-corrected chi connectivity index (χ3v) is 2.06. The fraction of sp³-hybridized carbons (Fsp3) is 0.273.